The average molecular weight is 493 g/mol. The van der Waals surface area contributed by atoms with Gasteiger partial charge in [0, 0.05) is 62.1 Å². The Balaban J connectivity index is 1.44. The number of thiocarbonyl (C=S) groups is 1. The van der Waals surface area contributed by atoms with Crippen molar-refractivity contribution >= 4 is 23.0 Å². The number of nitro benzene ring substituents is 1. The van der Waals surface area contributed by atoms with Crippen LogP contribution in [0.4, 0.5) is 5.69 Å². The van der Waals surface area contributed by atoms with E-state index >= 15 is 0 Å². The first kappa shape index (κ1) is 23.4. The second kappa shape index (κ2) is 10.5. The number of nitrogens with one attached hydrogen (secondary N) is 1. The maximum absolute atomic E-state index is 11.1. The molecule has 2 atom stereocenters. The molecule has 4 heterocycles. The first-order valence-electron chi connectivity index (χ1n) is 11.8. The van der Waals surface area contributed by atoms with Gasteiger partial charge in [-0.2, -0.15) is 0 Å². The molecule has 2 fully saturated rings. The number of aromatic nitrogens is 2. The summed E-state index contributed by atoms with van der Waals surface area (Å²) in [6.07, 6.45) is 4.76. The van der Waals surface area contributed by atoms with Crippen LogP contribution in [0.5, 0.6) is 0 Å². The van der Waals surface area contributed by atoms with Crippen LogP contribution in [0.1, 0.15) is 29.9 Å². The van der Waals surface area contributed by atoms with Gasteiger partial charge in [0.05, 0.1) is 35.9 Å². The van der Waals surface area contributed by atoms with Crippen molar-refractivity contribution in [1.29, 1.82) is 0 Å². The topological polar surface area (TPSA) is 88.7 Å². The van der Waals surface area contributed by atoms with E-state index in [9.17, 15) is 10.1 Å². The molecule has 2 aliphatic heterocycles. The zero-order valence-electron chi connectivity index (χ0n) is 19.3. The van der Waals surface area contributed by atoms with E-state index in [-0.39, 0.29) is 22.7 Å². The molecule has 1 N–H and O–H groups in total. The zero-order chi connectivity index (χ0) is 24.2. The maximum Gasteiger partial charge on any atom is 0.269 e. The lowest BCUT2D eigenvalue weighted by Crippen LogP contribution is -2.39. The number of nitrogens with zero attached hydrogens (tertiary/aromatic N) is 5. The largest absolute Gasteiger partial charge is 0.379 e. The van der Waals surface area contributed by atoms with Crippen LogP contribution in [0.3, 0.4) is 0 Å². The van der Waals surface area contributed by atoms with Crippen molar-refractivity contribution in [3.63, 3.8) is 0 Å². The number of nitro groups is 1. The molecule has 10 heteroatoms. The van der Waals surface area contributed by atoms with Gasteiger partial charge in [-0.1, -0.05) is 6.07 Å². The Kier molecular flexibility index (Phi) is 7.03. The number of non-ortho nitro benzene ring substituents is 1. The predicted octanol–water partition coefficient (Wildman–Crippen LogP) is 3.48. The minimum atomic E-state index is -0.382. The summed E-state index contributed by atoms with van der Waals surface area (Å²) in [6, 6.07) is 16.4. The van der Waals surface area contributed by atoms with E-state index in [4.69, 9.17) is 17.0 Å². The summed E-state index contributed by atoms with van der Waals surface area (Å²) in [5, 5.41) is 15.3. The number of hydrogen-bond donors (Lipinski definition) is 1. The van der Waals surface area contributed by atoms with Crippen molar-refractivity contribution in [3.8, 4) is 5.69 Å². The number of hydrogen-bond acceptors (Lipinski definition) is 6. The fourth-order valence-electron chi connectivity index (χ4n) is 4.86. The standard InChI is InChI=1S/C25H28N6O3S/c32-31(33)20-9-7-19(8-10-20)29-13-3-6-22(29)24-23(21-5-1-2-11-26-21)27-25(35)30(24)14-4-12-28-15-17-34-18-16-28/h1-3,5-11,13,23-24H,4,12,14-18H2,(H,27,35). The molecule has 0 aliphatic carbocycles. The Morgan fingerprint density at radius 3 is 2.60 bits per heavy atom. The number of ether oxygens (including phenoxy) is 1. The van der Waals surface area contributed by atoms with Gasteiger partial charge < -0.3 is 19.5 Å². The second-order valence-electron chi connectivity index (χ2n) is 8.70. The number of pyridine rings is 1. The van der Waals surface area contributed by atoms with Crippen LogP contribution in [0.15, 0.2) is 67.0 Å². The van der Waals surface area contributed by atoms with Crippen molar-refractivity contribution in [2.75, 3.05) is 39.4 Å². The fourth-order valence-corrected chi connectivity index (χ4v) is 5.19. The third-order valence-corrected chi connectivity index (χ3v) is 6.95. The van der Waals surface area contributed by atoms with Crippen molar-refractivity contribution < 1.29 is 9.66 Å². The summed E-state index contributed by atoms with van der Waals surface area (Å²) in [4.78, 5) is 20.0. The van der Waals surface area contributed by atoms with Crippen LogP contribution in [-0.2, 0) is 4.74 Å². The summed E-state index contributed by atoms with van der Waals surface area (Å²) >= 11 is 5.81. The molecule has 2 aliphatic rings. The molecular weight excluding hydrogens is 464 g/mol. The smallest absolute Gasteiger partial charge is 0.269 e. The highest BCUT2D eigenvalue weighted by Crippen LogP contribution is 2.39. The zero-order valence-corrected chi connectivity index (χ0v) is 20.1. The normalized spacial score (nSPS) is 20.7. The first-order valence-corrected chi connectivity index (χ1v) is 12.2. The van der Waals surface area contributed by atoms with Crippen LogP contribution in [0.25, 0.3) is 5.69 Å². The first-order chi connectivity index (χ1) is 17.1. The minimum Gasteiger partial charge on any atom is -0.379 e. The molecule has 2 unspecified atom stereocenters. The summed E-state index contributed by atoms with van der Waals surface area (Å²) < 4.78 is 7.55. The van der Waals surface area contributed by atoms with E-state index in [1.807, 2.05) is 30.5 Å². The predicted molar refractivity (Wildman–Crippen MR) is 136 cm³/mol. The van der Waals surface area contributed by atoms with Gasteiger partial charge in [-0.05, 0) is 55.0 Å². The van der Waals surface area contributed by atoms with Crippen molar-refractivity contribution in [2.45, 2.75) is 18.5 Å². The van der Waals surface area contributed by atoms with Crippen molar-refractivity contribution in [2.24, 2.45) is 0 Å². The van der Waals surface area contributed by atoms with Gasteiger partial charge >= 0.3 is 0 Å². The van der Waals surface area contributed by atoms with E-state index in [2.05, 4.69) is 30.7 Å². The second-order valence-corrected chi connectivity index (χ2v) is 9.09. The Labute approximate surface area is 209 Å². The van der Waals surface area contributed by atoms with Gasteiger partial charge in [-0.3, -0.25) is 20.0 Å². The molecule has 1 aromatic carbocycles. The van der Waals surface area contributed by atoms with Crippen LogP contribution in [0.2, 0.25) is 0 Å². The summed E-state index contributed by atoms with van der Waals surface area (Å²) in [7, 11) is 0. The fraction of sp³-hybridized carbons (Fsp3) is 0.360. The SMILES string of the molecule is O=[N+]([O-])c1ccc(-n2cccc2C2C(c3ccccn3)NC(=S)N2CCCN2CCOCC2)cc1. The van der Waals surface area contributed by atoms with Gasteiger partial charge in [-0.15, -0.1) is 0 Å². The van der Waals surface area contributed by atoms with Crippen molar-refractivity contribution in [3.05, 3.63) is 88.5 Å². The monoisotopic (exact) mass is 492 g/mol. The maximum atomic E-state index is 11.1. The molecule has 0 saturated carbocycles. The Morgan fingerprint density at radius 1 is 1.09 bits per heavy atom. The Bertz CT molecular complexity index is 1160. The lowest BCUT2D eigenvalue weighted by molar-refractivity contribution is -0.384. The number of morpholine rings is 1. The quantitative estimate of drug-likeness (QED) is 0.291. The minimum absolute atomic E-state index is 0.0715. The summed E-state index contributed by atoms with van der Waals surface area (Å²) in [5.41, 5.74) is 2.91. The van der Waals surface area contributed by atoms with E-state index in [1.165, 1.54) is 12.1 Å². The summed E-state index contributed by atoms with van der Waals surface area (Å²) in [6.45, 7) is 5.31. The highest BCUT2D eigenvalue weighted by atomic mass is 32.1. The van der Waals surface area contributed by atoms with Crippen LogP contribution in [-0.4, -0.2) is 68.8 Å². The van der Waals surface area contributed by atoms with Gasteiger partial charge in [0.15, 0.2) is 5.11 Å². The van der Waals surface area contributed by atoms with Gasteiger partial charge in [-0.25, -0.2) is 0 Å². The van der Waals surface area contributed by atoms with Gasteiger partial charge in [0.2, 0.25) is 0 Å². The number of rotatable bonds is 8. The van der Waals surface area contributed by atoms with Crippen LogP contribution < -0.4 is 5.32 Å². The lowest BCUT2D eigenvalue weighted by atomic mass is 10.0. The van der Waals surface area contributed by atoms with E-state index < -0.39 is 0 Å². The third kappa shape index (κ3) is 5.04. The van der Waals surface area contributed by atoms with E-state index in [0.29, 0.717) is 5.11 Å². The molecular formula is C25H28N6O3S. The van der Waals surface area contributed by atoms with Gasteiger partial charge in [0.1, 0.15) is 0 Å². The molecule has 182 valence electrons. The Hall–Kier alpha value is -3.34. The molecule has 0 bridgehead atoms. The van der Waals surface area contributed by atoms with Crippen molar-refractivity contribution in [1.82, 2.24) is 24.7 Å². The van der Waals surface area contributed by atoms with Crippen LogP contribution >= 0.6 is 12.2 Å². The molecule has 9 nitrogen and oxygen atoms in total. The van der Waals surface area contributed by atoms with E-state index in [0.717, 1.165) is 62.9 Å². The molecule has 2 aromatic heterocycles. The average Bonchev–Trinajstić information content (AvgIpc) is 3.50. The number of benzene rings is 1. The Morgan fingerprint density at radius 2 is 1.89 bits per heavy atom. The third-order valence-electron chi connectivity index (χ3n) is 6.60. The van der Waals surface area contributed by atoms with Crippen LogP contribution in [0, 0.1) is 10.1 Å². The molecule has 0 spiro atoms. The molecule has 35 heavy (non-hydrogen) atoms. The molecule has 3 aromatic rings. The molecule has 0 radical (unpaired) electrons. The van der Waals surface area contributed by atoms with Gasteiger partial charge in [0.25, 0.3) is 5.69 Å². The lowest BCUT2D eigenvalue weighted by Gasteiger charge is -2.31. The van der Waals surface area contributed by atoms with E-state index in [1.54, 1.807) is 18.3 Å². The molecule has 2 saturated heterocycles. The molecule has 0 amide bonds. The summed E-state index contributed by atoms with van der Waals surface area (Å²) in [5.74, 6) is 0. The molecule has 5 rings (SSSR count). The highest BCUT2D eigenvalue weighted by molar-refractivity contribution is 7.80. The highest BCUT2D eigenvalue weighted by Gasteiger charge is 2.41.